The molecule has 4 nitrogen and oxygen atoms in total. The SMILES string of the molecule is c1ccc(-c2cccc(-c3cc4c5cccc(-c6cccc(-c7ccc(-c8nc(-c9ccccc9)nc(-c9ccccc9)n8)cc7)c6)c5oc4c4ccccc34)c2)cc1. The van der Waals surface area contributed by atoms with Gasteiger partial charge in [-0.15, -0.1) is 0 Å². The quantitative estimate of drug-likeness (QED) is 0.163. The van der Waals surface area contributed by atoms with E-state index in [1.54, 1.807) is 0 Å². The molecular formula is C55H35N3O. The highest BCUT2D eigenvalue weighted by molar-refractivity contribution is 6.20. The molecule has 11 rings (SSSR count). The lowest BCUT2D eigenvalue weighted by Gasteiger charge is -2.10. The Labute approximate surface area is 341 Å². The zero-order valence-corrected chi connectivity index (χ0v) is 32.0. The first-order valence-electron chi connectivity index (χ1n) is 19.8. The van der Waals surface area contributed by atoms with Gasteiger partial charge in [0, 0.05) is 38.4 Å². The summed E-state index contributed by atoms with van der Waals surface area (Å²) in [6.45, 7) is 0. The fourth-order valence-corrected chi connectivity index (χ4v) is 8.20. The summed E-state index contributed by atoms with van der Waals surface area (Å²) >= 11 is 0. The molecule has 0 aliphatic rings. The Kier molecular flexibility index (Phi) is 8.45. The maximum atomic E-state index is 6.91. The Morgan fingerprint density at radius 2 is 0.627 bits per heavy atom. The molecular weight excluding hydrogens is 719 g/mol. The first kappa shape index (κ1) is 34.3. The highest BCUT2D eigenvalue weighted by Gasteiger charge is 2.18. The molecule has 59 heavy (non-hydrogen) atoms. The van der Waals surface area contributed by atoms with Gasteiger partial charge >= 0.3 is 0 Å². The number of aromatic nitrogens is 3. The molecule has 2 heterocycles. The number of furan rings is 1. The second-order valence-corrected chi connectivity index (χ2v) is 14.8. The molecule has 11 aromatic rings. The van der Waals surface area contributed by atoms with E-state index in [4.69, 9.17) is 19.4 Å². The number of nitrogens with zero attached hydrogens (tertiary/aromatic N) is 3. The average molecular weight is 754 g/mol. The fourth-order valence-electron chi connectivity index (χ4n) is 8.20. The summed E-state index contributed by atoms with van der Waals surface area (Å²) < 4.78 is 6.91. The van der Waals surface area contributed by atoms with E-state index in [1.165, 1.54) is 27.6 Å². The lowest BCUT2D eigenvalue weighted by atomic mass is 9.93. The molecule has 9 aromatic carbocycles. The zero-order valence-electron chi connectivity index (χ0n) is 32.0. The van der Waals surface area contributed by atoms with Gasteiger partial charge in [0.2, 0.25) is 0 Å². The minimum atomic E-state index is 0.633. The summed E-state index contributed by atoms with van der Waals surface area (Å²) in [5.74, 6) is 1.93. The molecule has 0 N–H and O–H groups in total. The highest BCUT2D eigenvalue weighted by Crippen LogP contribution is 2.43. The van der Waals surface area contributed by atoms with Crippen LogP contribution in [0.25, 0.3) is 111 Å². The lowest BCUT2D eigenvalue weighted by molar-refractivity contribution is 0.674. The van der Waals surface area contributed by atoms with Crippen molar-refractivity contribution in [1.82, 2.24) is 15.0 Å². The van der Waals surface area contributed by atoms with Crippen LogP contribution in [-0.4, -0.2) is 15.0 Å². The lowest BCUT2D eigenvalue weighted by Crippen LogP contribution is -2.00. The first-order valence-corrected chi connectivity index (χ1v) is 19.8. The second-order valence-electron chi connectivity index (χ2n) is 14.8. The summed E-state index contributed by atoms with van der Waals surface area (Å²) in [5.41, 5.74) is 13.7. The molecule has 0 aliphatic carbocycles. The second kappa shape index (κ2) is 14.5. The van der Waals surface area contributed by atoms with Crippen LogP contribution in [0.15, 0.2) is 217 Å². The van der Waals surface area contributed by atoms with Crippen molar-refractivity contribution < 1.29 is 4.42 Å². The summed E-state index contributed by atoms with van der Waals surface area (Å²) in [4.78, 5) is 14.7. The van der Waals surface area contributed by atoms with Gasteiger partial charge < -0.3 is 4.42 Å². The van der Waals surface area contributed by atoms with Crippen molar-refractivity contribution in [3.63, 3.8) is 0 Å². The Morgan fingerprint density at radius 1 is 0.237 bits per heavy atom. The van der Waals surface area contributed by atoms with Gasteiger partial charge in [0.05, 0.1) is 0 Å². The summed E-state index contributed by atoms with van der Waals surface area (Å²) in [7, 11) is 0. The topological polar surface area (TPSA) is 51.8 Å². The predicted octanol–water partition coefficient (Wildman–Crippen LogP) is 14.6. The van der Waals surface area contributed by atoms with E-state index in [2.05, 4.69) is 152 Å². The van der Waals surface area contributed by atoms with Gasteiger partial charge in [-0.3, -0.25) is 0 Å². The van der Waals surface area contributed by atoms with Gasteiger partial charge in [0.25, 0.3) is 0 Å². The fraction of sp³-hybridized carbons (Fsp3) is 0. The molecule has 0 radical (unpaired) electrons. The summed E-state index contributed by atoms with van der Waals surface area (Å²) in [6, 6.07) is 74.1. The molecule has 0 saturated carbocycles. The third kappa shape index (κ3) is 6.34. The Morgan fingerprint density at radius 3 is 1.22 bits per heavy atom. The summed E-state index contributed by atoms with van der Waals surface area (Å²) in [5, 5.41) is 4.48. The van der Waals surface area contributed by atoms with Crippen molar-refractivity contribution >= 4 is 32.7 Å². The van der Waals surface area contributed by atoms with E-state index >= 15 is 0 Å². The van der Waals surface area contributed by atoms with Crippen molar-refractivity contribution in [3.8, 4) is 78.7 Å². The molecule has 4 heteroatoms. The van der Waals surface area contributed by atoms with Crippen LogP contribution in [0.3, 0.4) is 0 Å². The van der Waals surface area contributed by atoms with E-state index < -0.39 is 0 Å². The Bertz CT molecular complexity index is 3240. The van der Waals surface area contributed by atoms with Crippen molar-refractivity contribution in [1.29, 1.82) is 0 Å². The van der Waals surface area contributed by atoms with Crippen LogP contribution < -0.4 is 0 Å². The van der Waals surface area contributed by atoms with Crippen LogP contribution in [0.4, 0.5) is 0 Å². The Balaban J connectivity index is 0.973. The molecule has 0 saturated heterocycles. The molecule has 0 atom stereocenters. The van der Waals surface area contributed by atoms with Crippen LogP contribution in [-0.2, 0) is 0 Å². The van der Waals surface area contributed by atoms with Crippen molar-refractivity contribution in [2.24, 2.45) is 0 Å². The normalized spacial score (nSPS) is 11.4. The summed E-state index contributed by atoms with van der Waals surface area (Å²) in [6.07, 6.45) is 0. The van der Waals surface area contributed by atoms with Crippen LogP contribution in [0.5, 0.6) is 0 Å². The number of para-hydroxylation sites is 1. The van der Waals surface area contributed by atoms with E-state index in [1.807, 2.05) is 60.7 Å². The van der Waals surface area contributed by atoms with Crippen molar-refractivity contribution in [3.05, 3.63) is 212 Å². The molecule has 0 aliphatic heterocycles. The standard InChI is InChI=1S/C55H35N3O/c1-4-15-36(16-5-1)41-21-13-24-44(34-41)49-35-50-48-28-14-27-45(51(48)59-52(50)47-26-11-10-25-46(47)49)43-23-12-22-42(33-43)37-29-31-40(32-30-37)55-57-53(38-17-6-2-7-18-38)56-54(58-55)39-19-8-3-9-20-39/h1-35H. The largest absolute Gasteiger partial charge is 0.455 e. The minimum absolute atomic E-state index is 0.633. The number of hydrogen-bond acceptors (Lipinski definition) is 4. The molecule has 276 valence electrons. The molecule has 0 unspecified atom stereocenters. The van der Waals surface area contributed by atoms with Crippen LogP contribution in [0.1, 0.15) is 0 Å². The number of fused-ring (bicyclic) bond motifs is 5. The van der Waals surface area contributed by atoms with Gasteiger partial charge in [-0.2, -0.15) is 0 Å². The first-order chi connectivity index (χ1) is 29.2. The van der Waals surface area contributed by atoms with Crippen molar-refractivity contribution in [2.45, 2.75) is 0 Å². The van der Waals surface area contributed by atoms with Gasteiger partial charge in [-0.1, -0.05) is 194 Å². The van der Waals surface area contributed by atoms with Gasteiger partial charge in [0.1, 0.15) is 11.2 Å². The monoisotopic (exact) mass is 753 g/mol. The number of rotatable bonds is 7. The smallest absolute Gasteiger partial charge is 0.164 e. The van der Waals surface area contributed by atoms with E-state index in [0.717, 1.165) is 66.3 Å². The maximum Gasteiger partial charge on any atom is 0.164 e. The van der Waals surface area contributed by atoms with Crippen LogP contribution in [0, 0.1) is 0 Å². The van der Waals surface area contributed by atoms with Crippen LogP contribution in [0.2, 0.25) is 0 Å². The van der Waals surface area contributed by atoms with Gasteiger partial charge in [-0.05, 0) is 62.5 Å². The molecule has 0 bridgehead atoms. The zero-order chi connectivity index (χ0) is 39.1. The number of benzene rings is 9. The van der Waals surface area contributed by atoms with Gasteiger partial charge in [-0.25, -0.2) is 15.0 Å². The van der Waals surface area contributed by atoms with E-state index in [9.17, 15) is 0 Å². The number of hydrogen-bond donors (Lipinski definition) is 0. The van der Waals surface area contributed by atoms with Crippen LogP contribution >= 0.6 is 0 Å². The third-order valence-corrected chi connectivity index (χ3v) is 11.1. The van der Waals surface area contributed by atoms with Crippen molar-refractivity contribution in [2.75, 3.05) is 0 Å². The predicted molar refractivity (Wildman–Crippen MR) is 243 cm³/mol. The van der Waals surface area contributed by atoms with Gasteiger partial charge in [0.15, 0.2) is 17.5 Å². The van der Waals surface area contributed by atoms with E-state index in [-0.39, 0.29) is 0 Å². The molecule has 0 fully saturated rings. The molecule has 2 aromatic heterocycles. The molecule has 0 amide bonds. The highest BCUT2D eigenvalue weighted by atomic mass is 16.3. The Hall–Kier alpha value is -7.95. The maximum absolute atomic E-state index is 6.91. The third-order valence-electron chi connectivity index (χ3n) is 11.1. The molecule has 0 spiro atoms. The minimum Gasteiger partial charge on any atom is -0.455 e. The van der Waals surface area contributed by atoms with E-state index in [0.29, 0.717) is 17.5 Å². The average Bonchev–Trinajstić information content (AvgIpc) is 3.71.